The maximum Gasteiger partial charge on any atom is 0.488 e. The summed E-state index contributed by atoms with van der Waals surface area (Å²) in [6, 6.07) is 29.5. The summed E-state index contributed by atoms with van der Waals surface area (Å²) in [4.78, 5) is 56.7. The van der Waals surface area contributed by atoms with Gasteiger partial charge in [-0.3, -0.25) is 14.4 Å². The highest BCUT2D eigenvalue weighted by atomic mass is 16.4. The summed E-state index contributed by atoms with van der Waals surface area (Å²) in [7, 11) is -3.00. The third kappa shape index (κ3) is 9.76. The van der Waals surface area contributed by atoms with Crippen molar-refractivity contribution in [2.75, 3.05) is 0 Å². The number of ketones is 2. The predicted octanol–water partition coefficient (Wildman–Crippen LogP) is 2.54. The molecule has 13 heteroatoms. The number of para-hydroxylation sites is 2. The van der Waals surface area contributed by atoms with Crippen molar-refractivity contribution in [2.45, 2.75) is 6.92 Å². The van der Waals surface area contributed by atoms with E-state index in [0.29, 0.717) is 44.9 Å². The summed E-state index contributed by atoms with van der Waals surface area (Å²) in [5.41, 5.74) is 1.70. The van der Waals surface area contributed by atoms with Crippen LogP contribution < -0.4 is 22.2 Å². The molecule has 0 spiro atoms. The number of allylic oxidation sites excluding steroid dienone is 1. The summed E-state index contributed by atoms with van der Waals surface area (Å²) >= 11 is 0. The van der Waals surface area contributed by atoms with Gasteiger partial charge >= 0.3 is 25.5 Å². The fourth-order valence-electron chi connectivity index (χ4n) is 4.33. The minimum atomic E-state index is -1.54. The van der Waals surface area contributed by atoms with Gasteiger partial charge in [-0.15, -0.1) is 0 Å². The van der Waals surface area contributed by atoms with Crippen molar-refractivity contribution in [3.8, 4) is 0 Å². The predicted molar refractivity (Wildman–Crippen MR) is 186 cm³/mol. The van der Waals surface area contributed by atoms with Crippen molar-refractivity contribution in [3.05, 3.63) is 158 Å². The molecule has 6 aromatic rings. The van der Waals surface area contributed by atoms with Gasteiger partial charge in [-0.25, -0.2) is 9.59 Å². The number of Topliss-reactive ketones (excluding diaryl/α,β-unsaturated/α-hetero) is 1. The van der Waals surface area contributed by atoms with Gasteiger partial charge in [-0.2, -0.15) is 0 Å². The Labute approximate surface area is 279 Å². The summed E-state index contributed by atoms with van der Waals surface area (Å²) in [5, 5.41) is 36.8. The van der Waals surface area contributed by atoms with Gasteiger partial charge in [0.1, 0.15) is 28.6 Å². The average Bonchev–Trinajstić information content (AvgIpc) is 3.10. The van der Waals surface area contributed by atoms with Gasteiger partial charge in [0.2, 0.25) is 0 Å². The molecule has 0 aliphatic heterocycles. The first-order valence-electron chi connectivity index (χ1n) is 14.6. The molecule has 0 fully saturated rings. The Hall–Kier alpha value is -5.98. The molecule has 4 N–H and O–H groups in total. The number of rotatable bonds is 7. The second-order valence-corrected chi connectivity index (χ2v) is 10.4. The molecule has 0 atom stereocenters. The number of hydrogen-bond acceptors (Lipinski definition) is 11. The molecular weight excluding hydrogens is 630 g/mol. The van der Waals surface area contributed by atoms with E-state index in [1.807, 2.05) is 6.07 Å². The molecule has 11 nitrogen and oxygen atoms in total. The van der Waals surface area contributed by atoms with Crippen LogP contribution in [0.3, 0.4) is 0 Å². The average molecular weight is 658 g/mol. The monoisotopic (exact) mass is 658 g/mol. The normalized spacial score (nSPS) is 10.5. The largest absolute Gasteiger partial charge is 0.488 e. The Morgan fingerprint density at radius 3 is 1.49 bits per heavy atom. The number of carbonyl (C=O) groups is 3. The topological polar surface area (TPSA) is 193 Å². The van der Waals surface area contributed by atoms with E-state index < -0.39 is 31.3 Å². The summed E-state index contributed by atoms with van der Waals surface area (Å²) in [6.07, 6.45) is 3.53. The summed E-state index contributed by atoms with van der Waals surface area (Å²) < 4.78 is 10.1. The summed E-state index contributed by atoms with van der Waals surface area (Å²) in [6.45, 7) is 1.35. The van der Waals surface area contributed by atoms with Crippen molar-refractivity contribution >= 4 is 71.0 Å². The highest BCUT2D eigenvalue weighted by Gasteiger charge is 2.12. The lowest BCUT2D eigenvalue weighted by Crippen LogP contribution is -2.29. The van der Waals surface area contributed by atoms with Gasteiger partial charge in [0.15, 0.2) is 11.6 Å². The van der Waals surface area contributed by atoms with E-state index in [2.05, 4.69) is 0 Å². The zero-order valence-corrected chi connectivity index (χ0v) is 25.9. The fourth-order valence-corrected chi connectivity index (χ4v) is 4.33. The highest BCUT2D eigenvalue weighted by Crippen LogP contribution is 2.14. The Bertz CT molecular complexity index is 2240. The Morgan fingerprint density at radius 2 is 1.04 bits per heavy atom. The zero-order valence-electron chi connectivity index (χ0n) is 25.9. The van der Waals surface area contributed by atoms with E-state index in [-0.39, 0.29) is 16.9 Å². The molecule has 244 valence electrons. The van der Waals surface area contributed by atoms with Gasteiger partial charge in [0.25, 0.3) is 0 Å². The van der Waals surface area contributed by atoms with Crippen LogP contribution in [-0.2, 0) is 0 Å². The first kappa shape index (κ1) is 35.9. The van der Waals surface area contributed by atoms with Crippen molar-refractivity contribution in [1.82, 2.24) is 0 Å². The van der Waals surface area contributed by atoms with Gasteiger partial charge < -0.3 is 28.9 Å². The van der Waals surface area contributed by atoms with Crippen LogP contribution in [0.1, 0.15) is 43.6 Å². The van der Waals surface area contributed by atoms with E-state index in [4.69, 9.17) is 28.9 Å². The second kappa shape index (κ2) is 16.7. The first-order valence-corrected chi connectivity index (χ1v) is 14.6. The maximum atomic E-state index is 12.2. The molecule has 0 unspecified atom stereocenters. The molecule has 6 rings (SSSR count). The van der Waals surface area contributed by atoms with Gasteiger partial charge in [-0.1, -0.05) is 91.0 Å². The standard InChI is InChI=1S/C18H13BO5.C11H8O3.C7H7BO3/c20-16(10-7-12-5-8-14(9-6-12)19(22)23)15-11-13-3-1-2-4-17(13)24-18(15)21;1-7(12)9-6-8-4-2-3-5-10(8)14-11(9)13;9-5-6-1-3-7(4-2-6)8(10)11/h1-11,22-23H;2-6H,1H3;1-5,10-11H/b10-7+;;. The van der Waals surface area contributed by atoms with Gasteiger partial charge in [0.05, 0.1) is 0 Å². The molecule has 0 amide bonds. The van der Waals surface area contributed by atoms with Crippen LogP contribution >= 0.6 is 0 Å². The van der Waals surface area contributed by atoms with Crippen LogP contribution in [0.4, 0.5) is 0 Å². The quantitative estimate of drug-likeness (QED) is 0.0648. The van der Waals surface area contributed by atoms with Crippen LogP contribution in [0.15, 0.2) is 134 Å². The van der Waals surface area contributed by atoms with E-state index in [0.717, 1.165) is 5.39 Å². The first-order chi connectivity index (χ1) is 23.5. The van der Waals surface area contributed by atoms with E-state index >= 15 is 0 Å². The Kier molecular flexibility index (Phi) is 12.2. The molecule has 0 saturated heterocycles. The minimum absolute atomic E-state index is 0.0349. The number of hydrogen-bond donors (Lipinski definition) is 4. The minimum Gasteiger partial charge on any atom is -0.423 e. The van der Waals surface area contributed by atoms with Gasteiger partial charge in [0, 0.05) is 16.3 Å². The van der Waals surface area contributed by atoms with Crippen LogP contribution in [-0.4, -0.2) is 52.2 Å². The van der Waals surface area contributed by atoms with Crippen LogP contribution in [0.2, 0.25) is 0 Å². The Balaban J connectivity index is 0.000000183. The molecule has 4 aromatic carbocycles. The molecule has 0 radical (unpaired) electrons. The van der Waals surface area contributed by atoms with E-state index in [1.54, 1.807) is 78.9 Å². The van der Waals surface area contributed by atoms with Crippen LogP contribution in [0.25, 0.3) is 28.0 Å². The molecule has 0 aliphatic rings. The third-order valence-corrected chi connectivity index (χ3v) is 6.96. The van der Waals surface area contributed by atoms with E-state index in [1.165, 1.54) is 43.3 Å². The van der Waals surface area contributed by atoms with Crippen molar-refractivity contribution in [3.63, 3.8) is 0 Å². The smallest absolute Gasteiger partial charge is 0.423 e. The molecule has 0 bridgehead atoms. The number of fused-ring (bicyclic) bond motifs is 2. The fraction of sp³-hybridized carbons (Fsp3) is 0.0278. The molecule has 2 heterocycles. The number of benzene rings is 4. The van der Waals surface area contributed by atoms with E-state index in [9.17, 15) is 24.0 Å². The highest BCUT2D eigenvalue weighted by molar-refractivity contribution is 6.58. The number of aldehydes is 1. The summed E-state index contributed by atoms with van der Waals surface area (Å²) in [5.74, 6) is -0.731. The Morgan fingerprint density at radius 1 is 0.612 bits per heavy atom. The van der Waals surface area contributed by atoms with Crippen LogP contribution in [0, 0.1) is 0 Å². The molecule has 0 saturated carbocycles. The second-order valence-electron chi connectivity index (χ2n) is 10.4. The molecule has 49 heavy (non-hydrogen) atoms. The SMILES string of the molecule is CC(=O)c1cc2ccccc2oc1=O.O=C(/C=C/c1ccc(B(O)O)cc1)c1cc2ccccc2oc1=O.O=Cc1ccc(B(O)O)cc1. The van der Waals surface area contributed by atoms with Crippen molar-refractivity contribution < 1.29 is 43.3 Å². The maximum absolute atomic E-state index is 12.2. The molecule has 2 aromatic heterocycles. The lowest BCUT2D eigenvalue weighted by molar-refractivity contribution is 0.101. The zero-order chi connectivity index (χ0) is 35.5. The lowest BCUT2D eigenvalue weighted by atomic mass is 9.80. The molecular formula is C36H28B2O11. The lowest BCUT2D eigenvalue weighted by Gasteiger charge is -2.00. The number of carbonyl (C=O) groups excluding carboxylic acids is 3. The van der Waals surface area contributed by atoms with Crippen LogP contribution in [0.5, 0.6) is 0 Å². The van der Waals surface area contributed by atoms with Crippen molar-refractivity contribution in [1.29, 1.82) is 0 Å². The van der Waals surface area contributed by atoms with Gasteiger partial charge in [-0.05, 0) is 53.8 Å². The third-order valence-electron chi connectivity index (χ3n) is 6.96. The molecule has 0 aliphatic carbocycles. The van der Waals surface area contributed by atoms with Crippen molar-refractivity contribution in [2.24, 2.45) is 0 Å².